The number of nitrogens with one attached hydrogen (secondary N) is 1. The van der Waals surface area contributed by atoms with E-state index >= 15 is 0 Å². The maximum atomic E-state index is 12.5. The molecule has 2 aromatic carbocycles. The van der Waals surface area contributed by atoms with Crippen LogP contribution in [0.15, 0.2) is 54.6 Å². The number of carbonyl (C=O) groups is 2. The molecule has 0 aliphatic rings. The van der Waals surface area contributed by atoms with Crippen molar-refractivity contribution in [2.75, 3.05) is 6.54 Å². The average molecular weight is 307 g/mol. The molecule has 5 nitrogen and oxygen atoms in total. The van der Waals surface area contributed by atoms with Crippen molar-refractivity contribution in [2.24, 2.45) is 0 Å². The highest BCUT2D eigenvalue weighted by Crippen LogP contribution is 2.16. The Bertz CT molecular complexity index is 853. The molecule has 3 aromatic rings. The third-order valence-corrected chi connectivity index (χ3v) is 3.63. The van der Waals surface area contributed by atoms with Crippen LogP contribution >= 0.6 is 0 Å². The first-order chi connectivity index (χ1) is 11.2. The molecule has 1 amide bonds. The highest BCUT2D eigenvalue weighted by Gasteiger charge is 2.16. The van der Waals surface area contributed by atoms with Crippen LogP contribution in [0.3, 0.4) is 0 Å². The number of imidazole rings is 1. The van der Waals surface area contributed by atoms with E-state index in [-0.39, 0.29) is 18.4 Å². The standard InChI is InChI=1S/C18H17N3O2/c1-2-16-20-14-10-6-7-11-15(14)21(16)17(22)12-19-18(23)13-8-4-3-5-9-13/h3-11H,2,12H2,1H3,(H,19,23). The molecule has 0 radical (unpaired) electrons. The predicted molar refractivity (Wildman–Crippen MR) is 88.5 cm³/mol. The lowest BCUT2D eigenvalue weighted by atomic mass is 10.2. The number of rotatable bonds is 4. The first kappa shape index (κ1) is 15.0. The van der Waals surface area contributed by atoms with Gasteiger partial charge in [-0.1, -0.05) is 37.3 Å². The first-order valence-electron chi connectivity index (χ1n) is 7.53. The number of fused-ring (bicyclic) bond motifs is 1. The maximum Gasteiger partial charge on any atom is 0.251 e. The summed E-state index contributed by atoms with van der Waals surface area (Å²) in [7, 11) is 0. The third kappa shape index (κ3) is 2.99. The molecule has 0 aliphatic carbocycles. The Balaban J connectivity index is 1.80. The van der Waals surface area contributed by atoms with E-state index in [9.17, 15) is 9.59 Å². The van der Waals surface area contributed by atoms with Crippen LogP contribution in [0.5, 0.6) is 0 Å². The molecule has 0 unspecified atom stereocenters. The molecule has 116 valence electrons. The smallest absolute Gasteiger partial charge is 0.251 e. The topological polar surface area (TPSA) is 64.0 Å². The van der Waals surface area contributed by atoms with Gasteiger partial charge in [-0.25, -0.2) is 4.98 Å². The predicted octanol–water partition coefficient (Wildman–Crippen LogP) is 2.67. The largest absolute Gasteiger partial charge is 0.343 e. The fraction of sp³-hybridized carbons (Fsp3) is 0.167. The Morgan fingerprint density at radius 1 is 1.04 bits per heavy atom. The zero-order valence-corrected chi connectivity index (χ0v) is 12.8. The van der Waals surface area contributed by atoms with Gasteiger partial charge in [-0.05, 0) is 24.3 Å². The number of nitrogens with zero attached hydrogens (tertiary/aromatic N) is 2. The van der Waals surface area contributed by atoms with E-state index in [4.69, 9.17) is 0 Å². The normalized spacial score (nSPS) is 10.7. The van der Waals surface area contributed by atoms with Crippen molar-refractivity contribution < 1.29 is 9.59 Å². The van der Waals surface area contributed by atoms with Crippen LogP contribution in [0.25, 0.3) is 11.0 Å². The molecule has 0 spiro atoms. The van der Waals surface area contributed by atoms with Gasteiger partial charge in [0.05, 0.1) is 17.6 Å². The van der Waals surface area contributed by atoms with Gasteiger partial charge in [0, 0.05) is 12.0 Å². The van der Waals surface area contributed by atoms with Crippen LogP contribution in [-0.4, -0.2) is 27.9 Å². The SMILES string of the molecule is CCc1nc2ccccc2n1C(=O)CNC(=O)c1ccccc1. The Morgan fingerprint density at radius 3 is 2.48 bits per heavy atom. The molecular formula is C18H17N3O2. The molecule has 1 N–H and O–H groups in total. The van der Waals surface area contributed by atoms with Crippen LogP contribution in [0.2, 0.25) is 0 Å². The molecule has 0 saturated carbocycles. The van der Waals surface area contributed by atoms with Gasteiger partial charge in [0.2, 0.25) is 0 Å². The summed E-state index contributed by atoms with van der Waals surface area (Å²) in [5.41, 5.74) is 2.09. The summed E-state index contributed by atoms with van der Waals surface area (Å²) in [6, 6.07) is 16.3. The monoisotopic (exact) mass is 307 g/mol. The summed E-state index contributed by atoms with van der Waals surface area (Å²) in [6.07, 6.45) is 0.646. The molecule has 0 saturated heterocycles. The van der Waals surface area contributed by atoms with E-state index in [1.165, 1.54) is 0 Å². The van der Waals surface area contributed by atoms with Gasteiger partial charge < -0.3 is 5.32 Å². The summed E-state index contributed by atoms with van der Waals surface area (Å²) in [5.74, 6) is 0.242. The van der Waals surface area contributed by atoms with Crippen molar-refractivity contribution in [1.29, 1.82) is 0 Å². The van der Waals surface area contributed by atoms with Crippen LogP contribution < -0.4 is 5.32 Å². The Kier molecular flexibility index (Phi) is 4.19. The number of aryl methyl sites for hydroxylation is 1. The Labute approximate surface area is 134 Å². The van der Waals surface area contributed by atoms with Crippen molar-refractivity contribution in [3.05, 3.63) is 66.0 Å². The van der Waals surface area contributed by atoms with E-state index in [2.05, 4.69) is 10.3 Å². The summed E-state index contributed by atoms with van der Waals surface area (Å²) in [6.45, 7) is 1.88. The number of benzene rings is 2. The molecular weight excluding hydrogens is 290 g/mol. The second kappa shape index (κ2) is 6.44. The van der Waals surface area contributed by atoms with Gasteiger partial charge in [0.1, 0.15) is 5.82 Å². The first-order valence-corrected chi connectivity index (χ1v) is 7.53. The van der Waals surface area contributed by atoms with Gasteiger partial charge in [-0.2, -0.15) is 0 Å². The lowest BCUT2D eigenvalue weighted by molar-refractivity contribution is 0.0862. The van der Waals surface area contributed by atoms with E-state index in [1.54, 1.807) is 28.8 Å². The molecule has 0 aliphatic heterocycles. The molecule has 3 rings (SSSR count). The lowest BCUT2D eigenvalue weighted by Gasteiger charge is -2.08. The minimum absolute atomic E-state index is 0.0684. The van der Waals surface area contributed by atoms with Crippen molar-refractivity contribution >= 4 is 22.8 Å². The maximum absolute atomic E-state index is 12.5. The second-order valence-electron chi connectivity index (χ2n) is 5.15. The van der Waals surface area contributed by atoms with Gasteiger partial charge in [-0.15, -0.1) is 0 Å². The molecule has 0 atom stereocenters. The van der Waals surface area contributed by atoms with Gasteiger partial charge in [0.15, 0.2) is 0 Å². The highest BCUT2D eigenvalue weighted by atomic mass is 16.2. The van der Waals surface area contributed by atoms with Gasteiger partial charge in [0.25, 0.3) is 11.8 Å². The van der Waals surface area contributed by atoms with Crippen molar-refractivity contribution in [3.8, 4) is 0 Å². The molecule has 1 heterocycles. The number of aromatic nitrogens is 2. The number of amides is 1. The molecule has 0 fully saturated rings. The fourth-order valence-electron chi connectivity index (χ4n) is 2.52. The summed E-state index contributed by atoms with van der Waals surface area (Å²) in [4.78, 5) is 29.1. The van der Waals surface area contributed by atoms with Crippen molar-refractivity contribution in [3.63, 3.8) is 0 Å². The van der Waals surface area contributed by atoms with E-state index < -0.39 is 0 Å². The third-order valence-electron chi connectivity index (χ3n) is 3.63. The number of hydrogen-bond donors (Lipinski definition) is 1. The second-order valence-corrected chi connectivity index (χ2v) is 5.15. The van der Waals surface area contributed by atoms with E-state index in [0.717, 1.165) is 11.0 Å². The van der Waals surface area contributed by atoms with E-state index in [0.29, 0.717) is 17.8 Å². The lowest BCUT2D eigenvalue weighted by Crippen LogP contribution is -2.32. The molecule has 1 aromatic heterocycles. The minimum atomic E-state index is -0.263. The molecule has 23 heavy (non-hydrogen) atoms. The van der Waals surface area contributed by atoms with Crippen molar-refractivity contribution in [2.45, 2.75) is 13.3 Å². The van der Waals surface area contributed by atoms with Crippen LogP contribution in [0.1, 0.15) is 27.9 Å². The Hall–Kier alpha value is -2.95. The van der Waals surface area contributed by atoms with E-state index in [1.807, 2.05) is 37.3 Å². The van der Waals surface area contributed by atoms with Crippen LogP contribution in [-0.2, 0) is 6.42 Å². The summed E-state index contributed by atoms with van der Waals surface area (Å²) >= 11 is 0. The van der Waals surface area contributed by atoms with Crippen LogP contribution in [0.4, 0.5) is 0 Å². The summed E-state index contributed by atoms with van der Waals surface area (Å²) < 4.78 is 1.58. The number of carbonyl (C=O) groups excluding carboxylic acids is 2. The Morgan fingerprint density at radius 2 is 1.74 bits per heavy atom. The quantitative estimate of drug-likeness (QED) is 0.806. The fourth-order valence-corrected chi connectivity index (χ4v) is 2.52. The zero-order valence-electron chi connectivity index (χ0n) is 12.8. The molecule has 5 heteroatoms. The number of hydrogen-bond acceptors (Lipinski definition) is 3. The molecule has 0 bridgehead atoms. The minimum Gasteiger partial charge on any atom is -0.343 e. The van der Waals surface area contributed by atoms with Crippen molar-refractivity contribution in [1.82, 2.24) is 14.9 Å². The number of para-hydroxylation sites is 2. The van der Waals surface area contributed by atoms with Crippen LogP contribution in [0, 0.1) is 0 Å². The van der Waals surface area contributed by atoms with Gasteiger partial charge >= 0.3 is 0 Å². The average Bonchev–Trinajstić information content (AvgIpc) is 2.98. The van der Waals surface area contributed by atoms with Gasteiger partial charge in [-0.3, -0.25) is 14.2 Å². The summed E-state index contributed by atoms with van der Waals surface area (Å²) in [5, 5.41) is 2.67. The zero-order chi connectivity index (χ0) is 16.2. The highest BCUT2D eigenvalue weighted by molar-refractivity contribution is 5.98.